The normalized spacial score (nSPS) is 15.7. The topological polar surface area (TPSA) is 97.6 Å². The predicted octanol–water partition coefficient (Wildman–Crippen LogP) is 4.17. The van der Waals surface area contributed by atoms with Crippen molar-refractivity contribution in [1.82, 2.24) is 15.5 Å². The second-order valence-corrected chi connectivity index (χ2v) is 8.06. The lowest BCUT2D eigenvalue weighted by molar-refractivity contribution is -0.117. The molecule has 1 aliphatic rings. The molecule has 4 rings (SSSR count). The number of ether oxygens (including phenoxy) is 1. The van der Waals surface area contributed by atoms with Crippen LogP contribution in [0.15, 0.2) is 47.0 Å². The van der Waals surface area contributed by atoms with Gasteiger partial charge in [-0.15, -0.1) is 0 Å². The third kappa shape index (κ3) is 5.61. The molecule has 2 aromatic carbocycles. The molecule has 0 spiro atoms. The Balaban J connectivity index is 1.37. The molecule has 9 heteroatoms. The summed E-state index contributed by atoms with van der Waals surface area (Å²) < 4.78 is 25.3. The molecule has 1 aromatic heterocycles. The Morgan fingerprint density at radius 1 is 1.21 bits per heavy atom. The van der Waals surface area contributed by atoms with E-state index in [2.05, 4.69) is 15.5 Å². The Labute approximate surface area is 190 Å². The van der Waals surface area contributed by atoms with Crippen LogP contribution < -0.4 is 10.2 Å². The summed E-state index contributed by atoms with van der Waals surface area (Å²) in [5, 5.41) is 6.97. The summed E-state index contributed by atoms with van der Waals surface area (Å²) in [6.07, 6.45) is -0.0767. The number of carbonyl (C=O) groups is 2. The molecule has 1 saturated heterocycles. The zero-order valence-corrected chi connectivity index (χ0v) is 18.5. The molecular formula is C24H25FN4O4. The summed E-state index contributed by atoms with van der Waals surface area (Å²) in [5.41, 5.74) is 2.64. The summed E-state index contributed by atoms with van der Waals surface area (Å²) in [5.74, 6) is 0.741. The number of Topliss-reactive ketones (excluding diaryl/α,β-unsaturated/α-hetero) is 1. The molecule has 0 radical (unpaired) electrons. The number of benzene rings is 2. The number of aryl methyl sites for hydroxylation is 1. The minimum absolute atomic E-state index is 0.0450. The number of rotatable bonds is 9. The van der Waals surface area contributed by atoms with Crippen molar-refractivity contribution in [2.45, 2.75) is 45.9 Å². The smallest absolute Gasteiger partial charge is 0.414 e. The zero-order chi connectivity index (χ0) is 23.4. The molecule has 3 aromatic rings. The first-order chi connectivity index (χ1) is 15.9. The van der Waals surface area contributed by atoms with Gasteiger partial charge >= 0.3 is 6.09 Å². The Kier molecular flexibility index (Phi) is 6.79. The quantitative estimate of drug-likeness (QED) is 0.520. The minimum Gasteiger partial charge on any atom is -0.444 e. The van der Waals surface area contributed by atoms with Crippen LogP contribution in [0.3, 0.4) is 0 Å². The van der Waals surface area contributed by atoms with E-state index in [0.29, 0.717) is 55.4 Å². The van der Waals surface area contributed by atoms with Crippen LogP contribution in [0.5, 0.6) is 0 Å². The highest BCUT2D eigenvalue weighted by atomic mass is 19.1. The largest absolute Gasteiger partial charge is 0.444 e. The van der Waals surface area contributed by atoms with E-state index in [4.69, 9.17) is 9.26 Å². The first-order valence-electron chi connectivity index (χ1n) is 10.8. The molecule has 0 saturated carbocycles. The van der Waals surface area contributed by atoms with Gasteiger partial charge in [-0.25, -0.2) is 9.18 Å². The van der Waals surface area contributed by atoms with Crippen LogP contribution in [0, 0.1) is 12.7 Å². The molecule has 0 unspecified atom stereocenters. The zero-order valence-electron chi connectivity index (χ0n) is 18.5. The van der Waals surface area contributed by atoms with Gasteiger partial charge in [0.1, 0.15) is 17.7 Å². The van der Waals surface area contributed by atoms with Crippen LogP contribution in [0.4, 0.5) is 14.9 Å². The van der Waals surface area contributed by atoms with Gasteiger partial charge in [-0.1, -0.05) is 29.4 Å². The summed E-state index contributed by atoms with van der Waals surface area (Å²) >= 11 is 0. The van der Waals surface area contributed by atoms with Crippen molar-refractivity contribution in [1.29, 1.82) is 0 Å². The van der Waals surface area contributed by atoms with Crippen molar-refractivity contribution in [3.8, 4) is 11.1 Å². The average molecular weight is 452 g/mol. The maximum Gasteiger partial charge on any atom is 0.414 e. The number of carbonyl (C=O) groups excluding carboxylic acids is 2. The van der Waals surface area contributed by atoms with Crippen molar-refractivity contribution in [2.24, 2.45) is 0 Å². The highest BCUT2D eigenvalue weighted by Crippen LogP contribution is 2.30. The lowest BCUT2D eigenvalue weighted by Crippen LogP contribution is -2.24. The van der Waals surface area contributed by atoms with Gasteiger partial charge in [0, 0.05) is 18.5 Å². The molecule has 1 amide bonds. The highest BCUT2D eigenvalue weighted by Gasteiger charge is 2.32. The second-order valence-electron chi connectivity index (χ2n) is 8.06. The summed E-state index contributed by atoms with van der Waals surface area (Å²) in [7, 11) is 0. The number of ketones is 1. The van der Waals surface area contributed by atoms with Crippen LogP contribution in [0.25, 0.3) is 11.1 Å². The van der Waals surface area contributed by atoms with Crippen LogP contribution in [-0.4, -0.2) is 34.7 Å². The van der Waals surface area contributed by atoms with E-state index in [9.17, 15) is 14.0 Å². The Morgan fingerprint density at radius 3 is 2.67 bits per heavy atom. The van der Waals surface area contributed by atoms with E-state index in [-0.39, 0.29) is 11.9 Å². The lowest BCUT2D eigenvalue weighted by atomic mass is 10.0. The number of hydrogen-bond acceptors (Lipinski definition) is 7. The number of nitrogens with one attached hydrogen (secondary N) is 1. The minimum atomic E-state index is -0.525. The SMILES string of the molecule is CC(=O)CC[C@H]1CN(c2ccc(-c3ccc(CNCc4nc(C)no4)cc3)c(F)c2)C(=O)O1. The number of cyclic esters (lactones) is 1. The molecule has 1 atom stereocenters. The monoisotopic (exact) mass is 452 g/mol. The van der Waals surface area contributed by atoms with Crippen molar-refractivity contribution in [3.05, 3.63) is 65.6 Å². The molecule has 1 N–H and O–H groups in total. The lowest BCUT2D eigenvalue weighted by Gasteiger charge is -2.14. The van der Waals surface area contributed by atoms with Gasteiger partial charge < -0.3 is 19.4 Å². The molecule has 172 valence electrons. The first-order valence-corrected chi connectivity index (χ1v) is 10.8. The average Bonchev–Trinajstić information content (AvgIpc) is 3.38. The molecule has 0 aliphatic carbocycles. The summed E-state index contributed by atoms with van der Waals surface area (Å²) in [6, 6.07) is 12.3. The number of anilines is 1. The van der Waals surface area contributed by atoms with Crippen LogP contribution in [0.2, 0.25) is 0 Å². The van der Waals surface area contributed by atoms with E-state index in [1.54, 1.807) is 19.1 Å². The Bertz CT molecular complexity index is 1150. The third-order valence-corrected chi connectivity index (χ3v) is 5.40. The number of nitrogens with zero attached hydrogens (tertiary/aromatic N) is 3. The van der Waals surface area contributed by atoms with E-state index < -0.39 is 11.9 Å². The van der Waals surface area contributed by atoms with Crippen molar-refractivity contribution in [3.63, 3.8) is 0 Å². The van der Waals surface area contributed by atoms with Crippen molar-refractivity contribution >= 4 is 17.6 Å². The Morgan fingerprint density at radius 2 is 2.00 bits per heavy atom. The fourth-order valence-electron chi connectivity index (χ4n) is 3.68. The third-order valence-electron chi connectivity index (χ3n) is 5.40. The second kappa shape index (κ2) is 9.91. The molecule has 0 bridgehead atoms. The standard InChI is InChI=1S/C24H25FN4O4/c1-15(30)3-9-20-14-29(24(31)32-20)19-8-10-21(22(25)11-19)18-6-4-17(5-7-18)12-26-13-23-27-16(2)28-33-23/h4-8,10-11,20,26H,3,9,12-14H2,1-2H3/t20-/m0/s1. The highest BCUT2D eigenvalue weighted by molar-refractivity contribution is 5.90. The van der Waals surface area contributed by atoms with Gasteiger partial charge in [-0.3, -0.25) is 4.90 Å². The molecule has 2 heterocycles. The summed E-state index contributed by atoms with van der Waals surface area (Å²) in [4.78, 5) is 28.9. The molecule has 33 heavy (non-hydrogen) atoms. The molecule has 8 nitrogen and oxygen atoms in total. The molecular weight excluding hydrogens is 427 g/mol. The van der Waals surface area contributed by atoms with Gasteiger partial charge in [0.05, 0.1) is 18.8 Å². The van der Waals surface area contributed by atoms with Gasteiger partial charge in [0.2, 0.25) is 5.89 Å². The van der Waals surface area contributed by atoms with E-state index in [1.807, 2.05) is 24.3 Å². The Hall–Kier alpha value is -3.59. The van der Waals surface area contributed by atoms with Crippen molar-refractivity contribution in [2.75, 3.05) is 11.4 Å². The number of amides is 1. The van der Waals surface area contributed by atoms with Crippen LogP contribution in [0.1, 0.15) is 37.0 Å². The predicted molar refractivity (Wildman–Crippen MR) is 119 cm³/mol. The fraction of sp³-hybridized carbons (Fsp3) is 0.333. The number of hydrogen-bond donors (Lipinski definition) is 1. The molecule has 1 aliphatic heterocycles. The summed E-state index contributed by atoms with van der Waals surface area (Å²) in [6.45, 7) is 4.64. The van der Waals surface area contributed by atoms with Gasteiger partial charge in [-0.2, -0.15) is 4.98 Å². The van der Waals surface area contributed by atoms with E-state index in [1.165, 1.54) is 17.9 Å². The molecule has 1 fully saturated rings. The van der Waals surface area contributed by atoms with Crippen LogP contribution >= 0.6 is 0 Å². The number of aromatic nitrogens is 2. The van der Waals surface area contributed by atoms with Gasteiger partial charge in [-0.05, 0) is 49.6 Å². The van der Waals surface area contributed by atoms with E-state index in [0.717, 1.165) is 11.1 Å². The van der Waals surface area contributed by atoms with Crippen molar-refractivity contribution < 1.29 is 23.2 Å². The van der Waals surface area contributed by atoms with Gasteiger partial charge in [0.15, 0.2) is 5.82 Å². The maximum atomic E-state index is 14.9. The fourth-order valence-corrected chi connectivity index (χ4v) is 3.68. The van der Waals surface area contributed by atoms with E-state index >= 15 is 0 Å². The van der Waals surface area contributed by atoms with Gasteiger partial charge in [0.25, 0.3) is 0 Å². The van der Waals surface area contributed by atoms with Crippen LogP contribution in [-0.2, 0) is 22.6 Å². The maximum absolute atomic E-state index is 14.9. The number of halogens is 1. The first kappa shape index (κ1) is 22.6.